The quantitative estimate of drug-likeness (QED) is 0.764. The van der Waals surface area contributed by atoms with E-state index >= 15 is 0 Å². The molecule has 5 nitrogen and oxygen atoms in total. The van der Waals surface area contributed by atoms with Crippen molar-refractivity contribution in [3.05, 3.63) is 53.6 Å². The van der Waals surface area contributed by atoms with Gasteiger partial charge >= 0.3 is 0 Å². The van der Waals surface area contributed by atoms with Gasteiger partial charge < -0.3 is 14.4 Å². The molecule has 0 N–H and O–H groups in total. The molecule has 1 saturated heterocycles. The Labute approximate surface area is 166 Å². The predicted molar refractivity (Wildman–Crippen MR) is 110 cm³/mol. The third-order valence-corrected chi connectivity index (χ3v) is 5.96. The number of methoxy groups -OCH3 is 2. The van der Waals surface area contributed by atoms with Gasteiger partial charge in [-0.1, -0.05) is 24.3 Å². The van der Waals surface area contributed by atoms with Crippen LogP contribution in [0.2, 0.25) is 0 Å². The third-order valence-electron chi connectivity index (χ3n) is 5.96. The summed E-state index contributed by atoms with van der Waals surface area (Å²) in [6.45, 7) is 2.59. The van der Waals surface area contributed by atoms with E-state index in [4.69, 9.17) is 9.47 Å². The molecule has 148 valence electrons. The molecule has 2 aliphatic rings. The number of carbonyl (C=O) groups is 1. The van der Waals surface area contributed by atoms with Crippen LogP contribution in [-0.2, 0) is 11.2 Å². The normalized spacial score (nSPS) is 18.9. The van der Waals surface area contributed by atoms with Crippen LogP contribution in [0.25, 0.3) is 0 Å². The highest BCUT2D eigenvalue weighted by Gasteiger charge is 2.30. The van der Waals surface area contributed by atoms with Crippen molar-refractivity contribution in [2.45, 2.75) is 31.7 Å². The zero-order valence-electron chi connectivity index (χ0n) is 16.7. The highest BCUT2D eigenvalue weighted by Crippen LogP contribution is 2.38. The van der Waals surface area contributed by atoms with Crippen LogP contribution in [0.3, 0.4) is 0 Å². The monoisotopic (exact) mass is 380 g/mol. The number of likely N-dealkylation sites (tertiary alicyclic amines) is 1. The van der Waals surface area contributed by atoms with Gasteiger partial charge in [0.25, 0.3) is 0 Å². The molecule has 1 amide bonds. The van der Waals surface area contributed by atoms with Gasteiger partial charge in [0.2, 0.25) is 5.91 Å². The van der Waals surface area contributed by atoms with Gasteiger partial charge in [-0.3, -0.25) is 9.69 Å². The predicted octanol–water partition coefficient (Wildman–Crippen LogP) is 3.82. The van der Waals surface area contributed by atoms with Crippen LogP contribution in [0.15, 0.2) is 42.5 Å². The lowest BCUT2D eigenvalue weighted by Crippen LogP contribution is -2.33. The van der Waals surface area contributed by atoms with Crippen molar-refractivity contribution in [1.29, 1.82) is 0 Å². The van der Waals surface area contributed by atoms with Gasteiger partial charge in [-0.25, -0.2) is 0 Å². The average molecular weight is 380 g/mol. The molecule has 2 aliphatic heterocycles. The minimum atomic E-state index is 0.220. The van der Waals surface area contributed by atoms with Gasteiger partial charge in [-0.2, -0.15) is 0 Å². The Balaban J connectivity index is 1.43. The van der Waals surface area contributed by atoms with E-state index in [9.17, 15) is 4.79 Å². The van der Waals surface area contributed by atoms with Crippen molar-refractivity contribution in [2.24, 2.45) is 0 Å². The molecule has 2 aromatic carbocycles. The fourth-order valence-corrected chi connectivity index (χ4v) is 4.51. The number of anilines is 1. The summed E-state index contributed by atoms with van der Waals surface area (Å²) in [4.78, 5) is 17.2. The number of benzene rings is 2. The number of hydrogen-bond acceptors (Lipinski definition) is 4. The smallest absolute Gasteiger partial charge is 0.228 e. The van der Waals surface area contributed by atoms with Crippen LogP contribution in [-0.4, -0.2) is 44.7 Å². The molecule has 0 radical (unpaired) electrons. The first kappa shape index (κ1) is 18.8. The van der Waals surface area contributed by atoms with Crippen LogP contribution in [0.1, 0.15) is 36.4 Å². The average Bonchev–Trinajstić information content (AvgIpc) is 3.38. The zero-order valence-corrected chi connectivity index (χ0v) is 16.7. The first-order chi connectivity index (χ1) is 13.7. The molecule has 2 heterocycles. The highest BCUT2D eigenvalue weighted by atomic mass is 16.5. The van der Waals surface area contributed by atoms with Crippen molar-refractivity contribution in [1.82, 2.24) is 4.90 Å². The molecule has 1 unspecified atom stereocenters. The summed E-state index contributed by atoms with van der Waals surface area (Å²) in [6, 6.07) is 14.6. The van der Waals surface area contributed by atoms with E-state index < -0.39 is 0 Å². The van der Waals surface area contributed by atoms with Crippen LogP contribution >= 0.6 is 0 Å². The molecule has 0 spiro atoms. The van der Waals surface area contributed by atoms with Gasteiger partial charge in [-0.05, 0) is 43.5 Å². The van der Waals surface area contributed by atoms with Gasteiger partial charge in [0.15, 0.2) is 0 Å². The lowest BCUT2D eigenvalue weighted by molar-refractivity contribution is -0.118. The molecule has 1 atom stereocenters. The highest BCUT2D eigenvalue weighted by molar-refractivity contribution is 5.95. The number of fused-ring (bicyclic) bond motifs is 1. The maximum absolute atomic E-state index is 12.9. The van der Waals surface area contributed by atoms with Crippen LogP contribution in [0.5, 0.6) is 11.5 Å². The number of carbonyl (C=O) groups excluding carboxylic acids is 1. The van der Waals surface area contributed by atoms with Crippen LogP contribution < -0.4 is 14.4 Å². The number of rotatable bonds is 6. The molecule has 5 heteroatoms. The van der Waals surface area contributed by atoms with Crippen molar-refractivity contribution in [3.8, 4) is 11.5 Å². The van der Waals surface area contributed by atoms with E-state index in [1.54, 1.807) is 14.2 Å². The number of amides is 1. The standard InChI is InChI=1S/C23H28N2O3/c1-27-18-9-10-19(22(16-18)28-2)21-8-5-13-24(21)14-12-23(26)25-15-11-17-6-3-4-7-20(17)25/h3-4,6-7,9-10,16,21H,5,8,11-15H2,1-2H3. The van der Waals surface area contributed by atoms with Gasteiger partial charge in [0.1, 0.15) is 11.5 Å². The largest absolute Gasteiger partial charge is 0.497 e. The molecule has 0 bridgehead atoms. The summed E-state index contributed by atoms with van der Waals surface area (Å²) in [7, 11) is 3.37. The number of hydrogen-bond donors (Lipinski definition) is 0. The second-order valence-electron chi connectivity index (χ2n) is 7.48. The molecule has 0 aromatic heterocycles. The number of ether oxygens (including phenoxy) is 2. The Morgan fingerprint density at radius 2 is 1.96 bits per heavy atom. The molecule has 1 fully saturated rings. The Morgan fingerprint density at radius 1 is 1.11 bits per heavy atom. The Morgan fingerprint density at radius 3 is 2.79 bits per heavy atom. The Kier molecular flexibility index (Phi) is 5.53. The number of nitrogens with zero attached hydrogens (tertiary/aromatic N) is 2. The van der Waals surface area contributed by atoms with E-state index in [0.717, 1.165) is 56.1 Å². The first-order valence-corrected chi connectivity index (χ1v) is 10.1. The van der Waals surface area contributed by atoms with E-state index in [1.165, 1.54) is 11.1 Å². The van der Waals surface area contributed by atoms with Gasteiger partial charge in [0, 0.05) is 42.9 Å². The summed E-state index contributed by atoms with van der Waals surface area (Å²) in [5.41, 5.74) is 3.54. The summed E-state index contributed by atoms with van der Waals surface area (Å²) in [6.07, 6.45) is 3.73. The molecule has 2 aromatic rings. The molecule has 0 aliphatic carbocycles. The van der Waals surface area contributed by atoms with Gasteiger partial charge in [-0.15, -0.1) is 0 Å². The first-order valence-electron chi connectivity index (χ1n) is 10.1. The Bertz CT molecular complexity index is 851. The minimum Gasteiger partial charge on any atom is -0.497 e. The van der Waals surface area contributed by atoms with Crippen molar-refractivity contribution < 1.29 is 14.3 Å². The molecular formula is C23H28N2O3. The maximum Gasteiger partial charge on any atom is 0.228 e. The molecule has 4 rings (SSSR count). The molecule has 28 heavy (non-hydrogen) atoms. The van der Waals surface area contributed by atoms with E-state index in [1.807, 2.05) is 29.2 Å². The summed E-state index contributed by atoms with van der Waals surface area (Å²) >= 11 is 0. The van der Waals surface area contributed by atoms with Crippen molar-refractivity contribution in [2.75, 3.05) is 38.8 Å². The lowest BCUT2D eigenvalue weighted by atomic mass is 10.0. The topological polar surface area (TPSA) is 42.0 Å². The third kappa shape index (κ3) is 3.59. The molecular weight excluding hydrogens is 352 g/mol. The van der Waals surface area contributed by atoms with Gasteiger partial charge in [0.05, 0.1) is 14.2 Å². The summed E-state index contributed by atoms with van der Waals surface area (Å²) in [5.74, 6) is 1.88. The second-order valence-corrected chi connectivity index (χ2v) is 7.48. The van der Waals surface area contributed by atoms with Crippen molar-refractivity contribution >= 4 is 11.6 Å². The van der Waals surface area contributed by atoms with Crippen LogP contribution in [0, 0.1) is 0 Å². The zero-order chi connectivity index (χ0) is 19.5. The molecule has 0 saturated carbocycles. The van der Waals surface area contributed by atoms with E-state index in [-0.39, 0.29) is 5.91 Å². The second kappa shape index (κ2) is 8.23. The lowest BCUT2D eigenvalue weighted by Gasteiger charge is -2.27. The fourth-order valence-electron chi connectivity index (χ4n) is 4.51. The van der Waals surface area contributed by atoms with Crippen molar-refractivity contribution in [3.63, 3.8) is 0 Å². The SMILES string of the molecule is COc1ccc(C2CCCN2CCC(=O)N2CCc3ccccc32)c(OC)c1. The van der Waals surface area contributed by atoms with Crippen LogP contribution in [0.4, 0.5) is 5.69 Å². The van der Waals surface area contributed by atoms with E-state index in [2.05, 4.69) is 23.1 Å². The fraction of sp³-hybridized carbons (Fsp3) is 0.435. The summed E-state index contributed by atoms with van der Waals surface area (Å²) in [5, 5.41) is 0. The maximum atomic E-state index is 12.9. The Hall–Kier alpha value is -2.53. The van der Waals surface area contributed by atoms with E-state index in [0.29, 0.717) is 12.5 Å². The number of para-hydroxylation sites is 1. The summed E-state index contributed by atoms with van der Waals surface area (Å²) < 4.78 is 10.9. The minimum absolute atomic E-state index is 0.220.